The molecular formula is C69H148N10O6S2. The lowest BCUT2D eigenvalue weighted by Gasteiger charge is -2.24. The Balaban J connectivity index is 0.000000472. The van der Waals surface area contributed by atoms with E-state index in [9.17, 15) is 8.42 Å². The smallest absolute Gasteiger partial charge is 0.150 e. The van der Waals surface area contributed by atoms with Crippen LogP contribution in [0, 0.1) is 41.4 Å². The van der Waals surface area contributed by atoms with Crippen LogP contribution in [0.2, 0.25) is 0 Å². The van der Waals surface area contributed by atoms with Crippen LogP contribution in [0.4, 0.5) is 0 Å². The zero-order valence-corrected chi connectivity index (χ0v) is 61.3. The highest BCUT2D eigenvalue weighted by Gasteiger charge is 2.20. The Morgan fingerprint density at radius 3 is 0.966 bits per heavy atom. The second-order valence-corrected chi connectivity index (χ2v) is 31.5. The summed E-state index contributed by atoms with van der Waals surface area (Å²) in [5, 5.41) is 13.1. The molecule has 87 heavy (non-hydrogen) atoms. The standard InChI is InChI=1S/C6H13NO.3C6H13N.C6H12O2S.C6H12O.C6H12S.C5H12N2.C5H11NO.C5H11N.2C4H9N.C4H8O/c1-7-3-2-5-8-6-4-7;1-6-2-4-7-5-3-6;1-6-3-2-4-7-5-6;1-7-5-3-2-4-6-7;1-6-2-4-9(7,8)5-3-6;2*1-6-2-4-7-5-3-6;1-7-4-2-6-3-5-7;1-6-2-4-7-5-3-6;1-6-4-2-3-5-6;1-4-2-5-3-4;1-5-3-2-4-5;1-4-2-5-3-4/h2-6H2,1H3;2*6-7H,2-5H2,1H3;2-6H2,1H3;6H,2-5H2,1H3;3*6H,2-5H2,1H3;2-5H2,1H3;2-5H2,1H3;4-5H,2-3H2,1H3;2-4H2,1H3;4H,2-3H2,1H3/t;;6-;;;;;;;;;;/m..0........../s1. The van der Waals surface area contributed by atoms with Crippen molar-refractivity contribution >= 4 is 21.6 Å². The summed E-state index contributed by atoms with van der Waals surface area (Å²) in [6.45, 7) is 48.0. The second-order valence-electron chi connectivity index (χ2n) is 28.0. The van der Waals surface area contributed by atoms with Gasteiger partial charge in [-0.25, -0.2) is 8.42 Å². The summed E-state index contributed by atoms with van der Waals surface area (Å²) in [5.74, 6) is 9.87. The Bertz CT molecular complexity index is 1320. The first-order valence-electron chi connectivity index (χ1n) is 35.9. The SMILES string of the molecule is CC1CCNCC1.CC1CCOCC1.CC1CCS(=O)(=O)CC1.CC1CCSCC1.CC1CNC1.CC1COC1.CN1CCC1.CN1CCCC1.CN1CCCCC1.CN1CCCOCC1.CN1CCNCC1.CN1CCOCC1.C[C@H]1CCCNC1. The highest BCUT2D eigenvalue weighted by molar-refractivity contribution is 7.99. The number of likely N-dealkylation sites (tertiary alicyclic amines) is 3. The molecule has 0 spiro atoms. The third-order valence-electron chi connectivity index (χ3n) is 17.8. The summed E-state index contributed by atoms with van der Waals surface area (Å²) in [7, 11) is 10.3. The summed E-state index contributed by atoms with van der Waals surface area (Å²) in [5.41, 5.74) is 0. The van der Waals surface area contributed by atoms with E-state index in [1.54, 1.807) is 0 Å². The number of nitrogens with one attached hydrogen (secondary N) is 4. The van der Waals surface area contributed by atoms with Gasteiger partial charge in [-0.05, 0) is 271 Å². The quantitative estimate of drug-likeness (QED) is 0.183. The van der Waals surface area contributed by atoms with Gasteiger partial charge in [-0.3, -0.25) is 0 Å². The number of hydrogen-bond acceptors (Lipinski definition) is 17. The van der Waals surface area contributed by atoms with Crippen molar-refractivity contribution in [3.63, 3.8) is 0 Å². The van der Waals surface area contributed by atoms with Crippen molar-refractivity contribution in [3.8, 4) is 0 Å². The molecule has 0 aromatic heterocycles. The largest absolute Gasteiger partial charge is 0.381 e. The Labute approximate surface area is 545 Å². The molecule has 0 unspecified atom stereocenters. The summed E-state index contributed by atoms with van der Waals surface area (Å²) in [4.78, 5) is 14.0. The maximum Gasteiger partial charge on any atom is 0.150 e. The molecule has 4 N–H and O–H groups in total. The molecule has 0 aromatic carbocycles. The molecule has 0 aliphatic carbocycles. The number of sulfone groups is 1. The van der Waals surface area contributed by atoms with Crippen LogP contribution in [0.3, 0.4) is 0 Å². The third kappa shape index (κ3) is 58.1. The van der Waals surface area contributed by atoms with Crippen molar-refractivity contribution < 1.29 is 27.4 Å². The molecule has 1 atom stereocenters. The van der Waals surface area contributed by atoms with Crippen molar-refractivity contribution in [2.75, 3.05) is 249 Å². The Morgan fingerprint density at radius 2 is 0.701 bits per heavy atom. The van der Waals surface area contributed by atoms with Gasteiger partial charge in [-0.1, -0.05) is 54.9 Å². The minimum absolute atomic E-state index is 0.411. The lowest BCUT2D eigenvalue weighted by Crippen LogP contribution is -2.40. The number of morpholine rings is 1. The fourth-order valence-electron chi connectivity index (χ4n) is 10.1. The predicted octanol–water partition coefficient (Wildman–Crippen LogP) is 9.25. The molecule has 13 fully saturated rings. The minimum atomic E-state index is -2.62. The maximum atomic E-state index is 10.8. The van der Waals surface area contributed by atoms with E-state index >= 15 is 0 Å². The number of likely N-dealkylation sites (N-methyl/N-ethyl adjacent to an activating group) is 3. The number of piperidine rings is 3. The van der Waals surface area contributed by atoms with Crippen LogP contribution in [0.1, 0.15) is 158 Å². The molecule has 16 nitrogen and oxygen atoms in total. The Kier molecular flexibility index (Phi) is 56.8. The van der Waals surface area contributed by atoms with Gasteiger partial charge in [0.2, 0.25) is 0 Å². The number of thioether (sulfide) groups is 1. The van der Waals surface area contributed by atoms with Crippen LogP contribution in [0.15, 0.2) is 0 Å². The summed E-state index contributed by atoms with van der Waals surface area (Å²) in [6, 6.07) is 0. The number of rotatable bonds is 0. The molecule has 0 bridgehead atoms. The van der Waals surface area contributed by atoms with Crippen LogP contribution < -0.4 is 21.3 Å². The van der Waals surface area contributed by atoms with Gasteiger partial charge >= 0.3 is 0 Å². The topological polar surface area (TPSA) is 139 Å². The number of nitrogens with zero attached hydrogens (tertiary/aromatic N) is 6. The van der Waals surface area contributed by atoms with Crippen LogP contribution in [0.5, 0.6) is 0 Å². The Hall–Kier alpha value is -0.260. The van der Waals surface area contributed by atoms with Crippen LogP contribution in [-0.4, -0.2) is 287 Å². The molecule has 0 amide bonds. The van der Waals surface area contributed by atoms with Gasteiger partial charge < -0.3 is 69.6 Å². The number of ether oxygens (including phenoxy) is 4. The van der Waals surface area contributed by atoms with Crippen molar-refractivity contribution in [3.05, 3.63) is 0 Å². The highest BCUT2D eigenvalue weighted by Crippen LogP contribution is 2.21. The normalized spacial score (nSPS) is 26.3. The van der Waals surface area contributed by atoms with Gasteiger partial charge in [-0.2, -0.15) is 11.8 Å². The monoisotopic (exact) mass is 1280 g/mol. The van der Waals surface area contributed by atoms with E-state index in [1.807, 2.05) is 0 Å². The Morgan fingerprint density at radius 1 is 0.310 bits per heavy atom. The molecule has 522 valence electrons. The molecule has 0 saturated carbocycles. The molecular weight excluding hydrogens is 1130 g/mol. The first kappa shape index (κ1) is 84.8. The lowest BCUT2D eigenvalue weighted by atomic mass is 10.0. The van der Waals surface area contributed by atoms with Crippen LogP contribution in [-0.2, 0) is 28.8 Å². The molecule has 13 heterocycles. The average Bonchev–Trinajstić information content (AvgIpc) is 3.93. The van der Waals surface area contributed by atoms with E-state index in [0.29, 0.717) is 17.4 Å². The predicted molar refractivity (Wildman–Crippen MR) is 378 cm³/mol. The van der Waals surface area contributed by atoms with E-state index in [1.165, 1.54) is 206 Å². The lowest BCUT2D eigenvalue weighted by molar-refractivity contribution is -0.0221. The summed E-state index contributed by atoms with van der Waals surface area (Å²) < 4.78 is 41.9. The van der Waals surface area contributed by atoms with Gasteiger partial charge in [0.1, 0.15) is 9.84 Å². The highest BCUT2D eigenvalue weighted by atomic mass is 32.2. The number of piperazine rings is 1. The zero-order chi connectivity index (χ0) is 64.0. The molecule has 13 aliphatic heterocycles. The molecule has 0 aromatic rings. The van der Waals surface area contributed by atoms with E-state index in [0.717, 1.165) is 134 Å². The fourth-order valence-corrected chi connectivity index (χ4v) is 13.2. The van der Waals surface area contributed by atoms with E-state index in [2.05, 4.69) is 153 Å². The molecule has 13 aliphatic rings. The van der Waals surface area contributed by atoms with Gasteiger partial charge in [0.05, 0.1) is 44.5 Å². The number of hydrogen-bond donors (Lipinski definition) is 4. The molecule has 0 radical (unpaired) electrons. The fraction of sp³-hybridized carbons (Fsp3) is 1.00. The molecule has 13 saturated heterocycles. The first-order chi connectivity index (χ1) is 41.8. The van der Waals surface area contributed by atoms with Crippen LogP contribution >= 0.6 is 11.8 Å². The second kappa shape index (κ2) is 58.3. The van der Waals surface area contributed by atoms with Crippen molar-refractivity contribution in [1.29, 1.82) is 0 Å². The zero-order valence-electron chi connectivity index (χ0n) is 59.6. The van der Waals surface area contributed by atoms with Gasteiger partial charge in [-0.15, -0.1) is 0 Å². The molecule has 13 rings (SSSR count). The van der Waals surface area contributed by atoms with E-state index < -0.39 is 9.84 Å². The van der Waals surface area contributed by atoms with Crippen molar-refractivity contribution in [2.45, 2.75) is 158 Å². The maximum absolute atomic E-state index is 10.8. The molecule has 18 heteroatoms. The van der Waals surface area contributed by atoms with Crippen LogP contribution in [0.25, 0.3) is 0 Å². The minimum Gasteiger partial charge on any atom is -0.381 e. The average molecular weight is 1280 g/mol. The third-order valence-corrected chi connectivity index (χ3v) is 20.6. The van der Waals surface area contributed by atoms with Gasteiger partial charge in [0.25, 0.3) is 0 Å². The van der Waals surface area contributed by atoms with Crippen molar-refractivity contribution in [1.82, 2.24) is 50.7 Å². The van der Waals surface area contributed by atoms with Gasteiger partial charge in [0, 0.05) is 78.1 Å². The summed E-state index contributed by atoms with van der Waals surface area (Å²) in [6.07, 6.45) is 22.4. The van der Waals surface area contributed by atoms with Gasteiger partial charge in [0.15, 0.2) is 0 Å². The summed E-state index contributed by atoms with van der Waals surface area (Å²) >= 11 is 2.10. The van der Waals surface area contributed by atoms with E-state index in [4.69, 9.17) is 18.9 Å². The van der Waals surface area contributed by atoms with Crippen molar-refractivity contribution in [2.24, 2.45) is 41.4 Å². The van der Waals surface area contributed by atoms with E-state index in [-0.39, 0.29) is 0 Å². The first-order valence-corrected chi connectivity index (χ1v) is 38.8.